The summed E-state index contributed by atoms with van der Waals surface area (Å²) in [5.41, 5.74) is -0.104. The van der Waals surface area contributed by atoms with E-state index in [-0.39, 0.29) is 5.56 Å². The highest BCUT2D eigenvalue weighted by atomic mass is 32.2. The average molecular weight is 324 g/mol. The molecular formula is C15H20N2O4S. The largest absolute Gasteiger partial charge is 0.744 e. The standard InChI is InChI=1S/C8H15N2.C7H6O4S/c1-3-4-5-10-7-6-9(2)8-10;8-5-6-3-1-2-4-7(6)12(9,10)11/h6-8H,3-5H2,1-2H3;1-5H,(H,9,10,11)/q+1;/p-1. The van der Waals surface area contributed by atoms with Gasteiger partial charge in [0.25, 0.3) is 0 Å². The summed E-state index contributed by atoms with van der Waals surface area (Å²) in [5.74, 6) is 0. The predicted molar refractivity (Wildman–Crippen MR) is 80.3 cm³/mol. The third-order valence-corrected chi connectivity index (χ3v) is 3.82. The van der Waals surface area contributed by atoms with Gasteiger partial charge in [0.05, 0.1) is 18.5 Å². The summed E-state index contributed by atoms with van der Waals surface area (Å²) < 4.78 is 35.8. The summed E-state index contributed by atoms with van der Waals surface area (Å²) >= 11 is 0. The molecule has 2 rings (SSSR count). The van der Waals surface area contributed by atoms with E-state index >= 15 is 0 Å². The highest BCUT2D eigenvalue weighted by Gasteiger charge is 2.05. The smallest absolute Gasteiger partial charge is 0.243 e. The van der Waals surface area contributed by atoms with Gasteiger partial charge >= 0.3 is 0 Å². The number of carbonyl (C=O) groups excluding carboxylic acids is 1. The van der Waals surface area contributed by atoms with Crippen molar-refractivity contribution in [1.29, 1.82) is 0 Å². The lowest BCUT2D eigenvalue weighted by atomic mass is 10.2. The molecule has 1 aromatic carbocycles. The van der Waals surface area contributed by atoms with Gasteiger partial charge in [0.1, 0.15) is 22.5 Å². The quantitative estimate of drug-likeness (QED) is 0.474. The van der Waals surface area contributed by atoms with Crippen LogP contribution < -0.4 is 4.57 Å². The van der Waals surface area contributed by atoms with E-state index in [0.717, 1.165) is 12.6 Å². The lowest BCUT2D eigenvalue weighted by molar-refractivity contribution is -0.696. The summed E-state index contributed by atoms with van der Waals surface area (Å²) in [6.07, 6.45) is 9.16. The maximum absolute atomic E-state index is 10.5. The first-order chi connectivity index (χ1) is 10.4. The van der Waals surface area contributed by atoms with Gasteiger partial charge in [-0.05, 0) is 12.5 Å². The third kappa shape index (κ3) is 5.79. The number of hydrogen-bond acceptors (Lipinski definition) is 4. The van der Waals surface area contributed by atoms with Gasteiger partial charge in [0, 0.05) is 5.56 Å². The molecule has 0 atom stereocenters. The molecule has 0 radical (unpaired) electrons. The number of imidazole rings is 1. The van der Waals surface area contributed by atoms with Crippen molar-refractivity contribution in [3.63, 3.8) is 0 Å². The van der Waals surface area contributed by atoms with Crippen LogP contribution in [0, 0.1) is 0 Å². The van der Waals surface area contributed by atoms with Crippen LogP contribution in [0.4, 0.5) is 0 Å². The van der Waals surface area contributed by atoms with Gasteiger partial charge in [-0.25, -0.2) is 17.6 Å². The molecule has 0 aliphatic carbocycles. The van der Waals surface area contributed by atoms with Crippen LogP contribution in [-0.4, -0.2) is 23.8 Å². The number of aldehydes is 1. The maximum Gasteiger partial charge on any atom is 0.243 e. The van der Waals surface area contributed by atoms with Crippen LogP contribution in [0.15, 0.2) is 47.9 Å². The molecule has 0 amide bonds. The number of hydrogen-bond donors (Lipinski definition) is 0. The van der Waals surface area contributed by atoms with Crippen LogP contribution in [0.5, 0.6) is 0 Å². The molecule has 22 heavy (non-hydrogen) atoms. The van der Waals surface area contributed by atoms with E-state index in [4.69, 9.17) is 0 Å². The Morgan fingerprint density at radius 1 is 1.32 bits per heavy atom. The number of unbranched alkanes of at least 4 members (excludes halogenated alkanes) is 1. The number of aryl methyl sites for hydroxylation is 2. The second kappa shape index (κ2) is 8.45. The van der Waals surface area contributed by atoms with Crippen molar-refractivity contribution in [2.75, 3.05) is 0 Å². The van der Waals surface area contributed by atoms with Crippen molar-refractivity contribution in [2.24, 2.45) is 7.05 Å². The molecule has 1 aromatic heterocycles. The molecule has 0 spiro atoms. The Hall–Kier alpha value is -1.99. The average Bonchev–Trinajstić information content (AvgIpc) is 2.90. The molecular weight excluding hydrogens is 304 g/mol. The van der Waals surface area contributed by atoms with E-state index in [1.54, 1.807) is 0 Å². The van der Waals surface area contributed by atoms with Crippen LogP contribution in [0.1, 0.15) is 30.1 Å². The van der Waals surface area contributed by atoms with Gasteiger partial charge in [0.15, 0.2) is 6.29 Å². The van der Waals surface area contributed by atoms with Gasteiger partial charge in [-0.15, -0.1) is 0 Å². The Kier molecular flexibility index (Phi) is 6.94. The maximum atomic E-state index is 10.5. The van der Waals surface area contributed by atoms with Gasteiger partial charge in [-0.3, -0.25) is 4.79 Å². The SMILES string of the molecule is CCCC[n+]1ccn(C)c1.O=Cc1ccccc1S(=O)(=O)[O-]. The second-order valence-corrected chi connectivity index (χ2v) is 6.13. The Labute approximate surface area is 130 Å². The van der Waals surface area contributed by atoms with Crippen molar-refractivity contribution >= 4 is 16.4 Å². The fourth-order valence-corrected chi connectivity index (χ4v) is 2.43. The number of benzene rings is 1. The first-order valence-electron chi connectivity index (χ1n) is 6.89. The van der Waals surface area contributed by atoms with Crippen molar-refractivity contribution in [1.82, 2.24) is 4.57 Å². The molecule has 0 bridgehead atoms. The molecule has 0 fully saturated rings. The Morgan fingerprint density at radius 3 is 2.45 bits per heavy atom. The molecule has 0 saturated heterocycles. The number of nitrogens with zero attached hydrogens (tertiary/aromatic N) is 2. The van der Waals surface area contributed by atoms with Gasteiger partial charge < -0.3 is 4.55 Å². The van der Waals surface area contributed by atoms with Crippen molar-refractivity contribution < 1.29 is 22.3 Å². The summed E-state index contributed by atoms with van der Waals surface area (Å²) in [6, 6.07) is 5.25. The molecule has 0 saturated carbocycles. The first kappa shape index (κ1) is 18.1. The molecule has 120 valence electrons. The van der Waals surface area contributed by atoms with Gasteiger partial charge in [-0.2, -0.15) is 0 Å². The normalized spacial score (nSPS) is 10.7. The molecule has 7 heteroatoms. The summed E-state index contributed by atoms with van der Waals surface area (Å²) in [4.78, 5) is 9.80. The lowest BCUT2D eigenvalue weighted by Gasteiger charge is -2.07. The van der Waals surface area contributed by atoms with E-state index in [9.17, 15) is 17.8 Å². The van der Waals surface area contributed by atoms with Crippen LogP contribution >= 0.6 is 0 Å². The highest BCUT2D eigenvalue weighted by molar-refractivity contribution is 7.85. The zero-order valence-electron chi connectivity index (χ0n) is 12.7. The molecule has 0 unspecified atom stereocenters. The number of aromatic nitrogens is 2. The van der Waals surface area contributed by atoms with E-state index in [1.807, 2.05) is 7.05 Å². The lowest BCUT2D eigenvalue weighted by Crippen LogP contribution is -2.30. The molecule has 2 aromatic rings. The van der Waals surface area contributed by atoms with Crippen molar-refractivity contribution in [3.05, 3.63) is 48.5 Å². The Bertz CT molecular complexity index is 708. The first-order valence-corrected chi connectivity index (χ1v) is 8.30. The second-order valence-electron chi connectivity index (χ2n) is 4.78. The summed E-state index contributed by atoms with van der Waals surface area (Å²) in [5, 5.41) is 0. The summed E-state index contributed by atoms with van der Waals surface area (Å²) in [6.45, 7) is 3.36. The Balaban J connectivity index is 0.000000224. The van der Waals surface area contributed by atoms with E-state index in [0.29, 0.717) is 6.29 Å². The summed E-state index contributed by atoms with van der Waals surface area (Å²) in [7, 11) is -2.48. The third-order valence-electron chi connectivity index (χ3n) is 2.91. The van der Waals surface area contributed by atoms with E-state index in [2.05, 4.69) is 34.8 Å². The minimum Gasteiger partial charge on any atom is -0.744 e. The van der Waals surface area contributed by atoms with Crippen molar-refractivity contribution in [3.8, 4) is 0 Å². The zero-order valence-corrected chi connectivity index (χ0v) is 13.5. The molecule has 6 nitrogen and oxygen atoms in total. The highest BCUT2D eigenvalue weighted by Crippen LogP contribution is 2.11. The van der Waals surface area contributed by atoms with E-state index < -0.39 is 15.0 Å². The molecule has 0 N–H and O–H groups in total. The van der Waals surface area contributed by atoms with Crippen LogP contribution in [0.2, 0.25) is 0 Å². The fraction of sp³-hybridized carbons (Fsp3) is 0.333. The van der Waals surface area contributed by atoms with Crippen LogP contribution in [0.3, 0.4) is 0 Å². The van der Waals surface area contributed by atoms with Crippen LogP contribution in [-0.2, 0) is 23.7 Å². The fourth-order valence-electron chi connectivity index (χ4n) is 1.78. The number of rotatable bonds is 5. The molecule has 1 heterocycles. The zero-order chi connectivity index (χ0) is 16.6. The Morgan fingerprint density at radius 2 is 2.00 bits per heavy atom. The van der Waals surface area contributed by atoms with Crippen LogP contribution in [0.25, 0.3) is 0 Å². The van der Waals surface area contributed by atoms with Gasteiger partial charge in [0.2, 0.25) is 6.33 Å². The predicted octanol–water partition coefficient (Wildman–Crippen LogP) is 1.52. The minimum atomic E-state index is -4.53. The van der Waals surface area contributed by atoms with Gasteiger partial charge in [-0.1, -0.05) is 31.5 Å². The topological polar surface area (TPSA) is 83.1 Å². The molecule has 0 aliphatic rings. The number of carbonyl (C=O) groups is 1. The minimum absolute atomic E-state index is 0.104. The monoisotopic (exact) mass is 324 g/mol. The van der Waals surface area contributed by atoms with E-state index in [1.165, 1.54) is 31.0 Å². The molecule has 0 aliphatic heterocycles. The van der Waals surface area contributed by atoms with Crippen molar-refractivity contribution in [2.45, 2.75) is 31.2 Å².